The molecule has 1 aliphatic heterocycles. The van der Waals surface area contributed by atoms with E-state index in [0.717, 1.165) is 57.0 Å². The van der Waals surface area contributed by atoms with E-state index in [0.29, 0.717) is 0 Å². The number of aryl methyl sites for hydroxylation is 1. The van der Waals surface area contributed by atoms with E-state index >= 15 is 0 Å². The average molecular weight is 317 g/mol. The average Bonchev–Trinajstić information content (AvgIpc) is 3.00. The molecule has 2 atom stereocenters. The first-order valence-electron chi connectivity index (χ1n) is 9.31. The lowest BCUT2D eigenvalue weighted by Crippen LogP contribution is -2.32. The molecule has 0 aromatic carbocycles. The number of aliphatic hydroxyl groups excluding tert-OH is 1. The minimum atomic E-state index is -0.345. The summed E-state index contributed by atoms with van der Waals surface area (Å²) in [5, 5.41) is 10.1. The van der Waals surface area contributed by atoms with Gasteiger partial charge in [-0.3, -0.25) is 0 Å². The van der Waals surface area contributed by atoms with E-state index < -0.39 is 0 Å². The van der Waals surface area contributed by atoms with Gasteiger partial charge >= 0.3 is 0 Å². The molecular formula is C18H27N3O2. The second-order valence-electron chi connectivity index (χ2n) is 7.16. The lowest BCUT2D eigenvalue weighted by molar-refractivity contribution is 0.0565. The van der Waals surface area contributed by atoms with Crippen LogP contribution in [-0.4, -0.2) is 40.4 Å². The number of aliphatic hydroxyl groups is 1. The second-order valence-corrected chi connectivity index (χ2v) is 7.16. The molecule has 3 aliphatic rings. The first-order valence-corrected chi connectivity index (χ1v) is 9.31. The topological polar surface area (TPSA) is 58.5 Å². The van der Waals surface area contributed by atoms with Crippen LogP contribution in [0.2, 0.25) is 0 Å². The van der Waals surface area contributed by atoms with Crippen LogP contribution in [-0.2, 0) is 12.8 Å². The lowest BCUT2D eigenvalue weighted by atomic mass is 9.97. The van der Waals surface area contributed by atoms with Crippen LogP contribution in [0, 0.1) is 0 Å². The maximum atomic E-state index is 10.1. The van der Waals surface area contributed by atoms with Crippen LogP contribution in [0.15, 0.2) is 0 Å². The van der Waals surface area contributed by atoms with Crippen molar-refractivity contribution in [1.29, 1.82) is 0 Å². The molecule has 0 spiro atoms. The summed E-state index contributed by atoms with van der Waals surface area (Å²) in [6.45, 7) is 2.09. The third kappa shape index (κ3) is 3.16. The number of aromatic nitrogens is 2. The summed E-state index contributed by atoms with van der Waals surface area (Å²) in [5.41, 5.74) is 2.37. The summed E-state index contributed by atoms with van der Waals surface area (Å²) in [5.74, 6) is 1.59. The molecule has 23 heavy (non-hydrogen) atoms. The van der Waals surface area contributed by atoms with E-state index in [1.165, 1.54) is 43.4 Å². The first-order chi connectivity index (χ1) is 11.3. The molecule has 1 saturated heterocycles. The summed E-state index contributed by atoms with van der Waals surface area (Å²) < 4.78 is 6.19. The second kappa shape index (κ2) is 6.63. The summed E-state index contributed by atoms with van der Waals surface area (Å²) in [6.07, 6.45) is 10.5. The number of fused-ring (bicyclic) bond motifs is 1. The van der Waals surface area contributed by atoms with Crippen LogP contribution in [0.3, 0.4) is 0 Å². The maximum absolute atomic E-state index is 10.1. The Morgan fingerprint density at radius 2 is 1.74 bits per heavy atom. The Morgan fingerprint density at radius 3 is 2.52 bits per heavy atom. The van der Waals surface area contributed by atoms with Crippen LogP contribution < -0.4 is 9.64 Å². The summed E-state index contributed by atoms with van der Waals surface area (Å²) in [4.78, 5) is 12.0. The van der Waals surface area contributed by atoms with Gasteiger partial charge in [0.15, 0.2) is 0 Å². The number of rotatable bonds is 3. The standard InChI is InChI=1S/C18H27N3O2/c22-15-9-6-10-16(15)23-17-13-7-2-3-8-14(13)19-18(20-17)21-11-4-1-5-12-21/h15-16,22H,1-12H2/t15-,16+/m0/s1. The first kappa shape index (κ1) is 15.2. The van der Waals surface area contributed by atoms with Gasteiger partial charge in [0.2, 0.25) is 11.8 Å². The van der Waals surface area contributed by atoms with Crippen LogP contribution in [0.25, 0.3) is 0 Å². The maximum Gasteiger partial charge on any atom is 0.228 e. The third-order valence-electron chi connectivity index (χ3n) is 5.45. The van der Waals surface area contributed by atoms with Crippen LogP contribution >= 0.6 is 0 Å². The number of ether oxygens (including phenoxy) is 1. The van der Waals surface area contributed by atoms with Crippen molar-refractivity contribution in [2.75, 3.05) is 18.0 Å². The van der Waals surface area contributed by atoms with Gasteiger partial charge in [-0.15, -0.1) is 0 Å². The van der Waals surface area contributed by atoms with E-state index in [4.69, 9.17) is 14.7 Å². The Hall–Kier alpha value is -1.36. The van der Waals surface area contributed by atoms with Crippen molar-refractivity contribution in [1.82, 2.24) is 9.97 Å². The summed E-state index contributed by atoms with van der Waals surface area (Å²) in [7, 11) is 0. The largest absolute Gasteiger partial charge is 0.471 e. The minimum absolute atomic E-state index is 0.0925. The Kier molecular flexibility index (Phi) is 4.38. The fourth-order valence-corrected chi connectivity index (χ4v) is 4.07. The molecule has 2 fully saturated rings. The normalized spacial score (nSPS) is 27.8. The summed E-state index contributed by atoms with van der Waals surface area (Å²) >= 11 is 0. The number of nitrogens with zero attached hydrogens (tertiary/aromatic N) is 3. The highest BCUT2D eigenvalue weighted by Gasteiger charge is 2.30. The highest BCUT2D eigenvalue weighted by molar-refractivity contribution is 5.42. The molecular weight excluding hydrogens is 290 g/mol. The van der Waals surface area contributed by atoms with Crippen LogP contribution in [0.4, 0.5) is 5.95 Å². The van der Waals surface area contributed by atoms with E-state index in [2.05, 4.69) is 4.90 Å². The van der Waals surface area contributed by atoms with Crippen molar-refractivity contribution in [3.05, 3.63) is 11.3 Å². The monoisotopic (exact) mass is 317 g/mol. The van der Waals surface area contributed by atoms with Gasteiger partial charge < -0.3 is 14.7 Å². The van der Waals surface area contributed by atoms with Gasteiger partial charge in [0.05, 0.1) is 11.8 Å². The van der Waals surface area contributed by atoms with Gasteiger partial charge in [-0.05, 0) is 64.2 Å². The van der Waals surface area contributed by atoms with Crippen molar-refractivity contribution in [2.24, 2.45) is 0 Å². The minimum Gasteiger partial charge on any atom is -0.471 e. The molecule has 1 saturated carbocycles. The fourth-order valence-electron chi connectivity index (χ4n) is 4.07. The molecule has 1 aromatic rings. The predicted octanol–water partition coefficient (Wildman–Crippen LogP) is 2.64. The molecule has 1 aromatic heterocycles. The smallest absolute Gasteiger partial charge is 0.228 e. The Morgan fingerprint density at radius 1 is 0.913 bits per heavy atom. The van der Waals surface area contributed by atoms with Crippen molar-refractivity contribution in [2.45, 2.75) is 76.4 Å². The van der Waals surface area contributed by atoms with E-state index in [1.807, 2.05) is 0 Å². The van der Waals surface area contributed by atoms with Gasteiger partial charge in [0.1, 0.15) is 6.10 Å². The van der Waals surface area contributed by atoms with Gasteiger partial charge in [-0.25, -0.2) is 4.98 Å². The molecule has 126 valence electrons. The van der Waals surface area contributed by atoms with E-state index in [9.17, 15) is 5.11 Å². The SMILES string of the molecule is O[C@H]1CCC[C@H]1Oc1nc(N2CCCCC2)nc2c1CCCC2. The Balaban J connectivity index is 1.64. The zero-order chi connectivity index (χ0) is 15.6. The highest BCUT2D eigenvalue weighted by Crippen LogP contribution is 2.33. The number of piperidine rings is 1. The van der Waals surface area contributed by atoms with Crippen LogP contribution in [0.1, 0.15) is 62.6 Å². The zero-order valence-corrected chi connectivity index (χ0v) is 13.8. The van der Waals surface area contributed by atoms with Gasteiger partial charge in [0, 0.05) is 18.7 Å². The van der Waals surface area contributed by atoms with E-state index in [1.54, 1.807) is 0 Å². The number of hydrogen-bond donors (Lipinski definition) is 1. The molecule has 1 N–H and O–H groups in total. The van der Waals surface area contributed by atoms with Gasteiger partial charge in [-0.2, -0.15) is 4.98 Å². The van der Waals surface area contributed by atoms with Crippen molar-refractivity contribution >= 4 is 5.95 Å². The molecule has 0 unspecified atom stereocenters. The highest BCUT2D eigenvalue weighted by atomic mass is 16.5. The molecule has 0 amide bonds. The van der Waals surface area contributed by atoms with Crippen molar-refractivity contribution in [3.63, 3.8) is 0 Å². The van der Waals surface area contributed by atoms with Crippen LogP contribution in [0.5, 0.6) is 5.88 Å². The molecule has 5 heteroatoms. The molecule has 0 radical (unpaired) electrons. The molecule has 2 aliphatic carbocycles. The Labute approximate surface area is 138 Å². The predicted molar refractivity (Wildman–Crippen MR) is 89.0 cm³/mol. The molecule has 0 bridgehead atoms. The third-order valence-corrected chi connectivity index (χ3v) is 5.45. The van der Waals surface area contributed by atoms with Crippen molar-refractivity contribution in [3.8, 4) is 5.88 Å². The van der Waals surface area contributed by atoms with Gasteiger partial charge in [-0.1, -0.05) is 0 Å². The fraction of sp³-hybridized carbons (Fsp3) is 0.778. The van der Waals surface area contributed by atoms with E-state index in [-0.39, 0.29) is 12.2 Å². The molecule has 4 rings (SSSR count). The zero-order valence-electron chi connectivity index (χ0n) is 13.8. The molecule has 5 nitrogen and oxygen atoms in total. The molecule has 2 heterocycles. The number of hydrogen-bond acceptors (Lipinski definition) is 5. The quantitative estimate of drug-likeness (QED) is 0.929. The van der Waals surface area contributed by atoms with Gasteiger partial charge in [0.25, 0.3) is 0 Å². The summed E-state index contributed by atoms with van der Waals surface area (Å²) in [6, 6.07) is 0. The lowest BCUT2D eigenvalue weighted by Gasteiger charge is -2.29. The van der Waals surface area contributed by atoms with Crippen molar-refractivity contribution < 1.29 is 9.84 Å². The number of anilines is 1. The Bertz CT molecular complexity index is 557.